The van der Waals surface area contributed by atoms with Crippen molar-refractivity contribution in [2.75, 3.05) is 0 Å². The van der Waals surface area contributed by atoms with Crippen LogP contribution in [-0.2, 0) is 4.79 Å². The molecule has 0 saturated carbocycles. The van der Waals surface area contributed by atoms with E-state index >= 15 is 0 Å². The highest BCUT2D eigenvalue weighted by atomic mass is 35.5. The largest absolute Gasteiger partial charge is 0.490 e. The quantitative estimate of drug-likeness (QED) is 0.842. The Morgan fingerprint density at radius 3 is 2.53 bits per heavy atom. The summed E-state index contributed by atoms with van der Waals surface area (Å²) in [6, 6.07) is 3.86. The van der Waals surface area contributed by atoms with Crippen LogP contribution >= 0.6 is 11.6 Å². The summed E-state index contributed by atoms with van der Waals surface area (Å²) in [5, 5.41) is 9.41. The van der Waals surface area contributed by atoms with Crippen LogP contribution in [0.15, 0.2) is 12.1 Å². The number of halogens is 1. The van der Waals surface area contributed by atoms with Gasteiger partial charge in [-0.25, -0.2) is 0 Å². The second-order valence-corrected chi connectivity index (χ2v) is 5.56. The summed E-state index contributed by atoms with van der Waals surface area (Å²) < 4.78 is 5.87. The van der Waals surface area contributed by atoms with E-state index in [0.717, 1.165) is 21.9 Å². The fraction of sp³-hybridized carbons (Fsp3) is 0.533. The number of carboxylic acids is 1. The van der Waals surface area contributed by atoms with Crippen LogP contribution in [-0.4, -0.2) is 17.2 Å². The normalized spacial score (nSPS) is 12.5. The highest BCUT2D eigenvalue weighted by molar-refractivity contribution is 6.31. The summed E-state index contributed by atoms with van der Waals surface area (Å²) in [6.07, 6.45) is 0.480. The lowest BCUT2D eigenvalue weighted by Crippen LogP contribution is -2.15. The molecule has 1 unspecified atom stereocenters. The van der Waals surface area contributed by atoms with Gasteiger partial charge in [-0.2, -0.15) is 0 Å². The van der Waals surface area contributed by atoms with Gasteiger partial charge in [0.15, 0.2) is 0 Å². The minimum Gasteiger partial charge on any atom is -0.490 e. The number of ether oxygens (including phenoxy) is 1. The van der Waals surface area contributed by atoms with Crippen molar-refractivity contribution in [3.63, 3.8) is 0 Å². The standard InChI is InChI=1S/C15H21ClO3/c1-9(2)12-8-13(16)10(3)7-14(12)19-11(4)5-6-15(17)18/h7-9,11H,5-6H2,1-4H3,(H,17,18). The molecule has 1 aromatic carbocycles. The van der Waals surface area contributed by atoms with Crippen LogP contribution in [0.1, 0.15) is 50.7 Å². The monoisotopic (exact) mass is 284 g/mol. The van der Waals surface area contributed by atoms with Gasteiger partial charge in [-0.15, -0.1) is 0 Å². The van der Waals surface area contributed by atoms with Crippen molar-refractivity contribution in [1.82, 2.24) is 0 Å². The van der Waals surface area contributed by atoms with Gasteiger partial charge in [0.2, 0.25) is 0 Å². The molecule has 0 aliphatic heterocycles. The molecule has 0 radical (unpaired) electrons. The van der Waals surface area contributed by atoms with Crippen LogP contribution in [0.2, 0.25) is 5.02 Å². The Labute approximate surface area is 119 Å². The van der Waals surface area contributed by atoms with Crippen molar-refractivity contribution in [2.24, 2.45) is 0 Å². The number of rotatable bonds is 6. The molecular formula is C15H21ClO3. The van der Waals surface area contributed by atoms with E-state index in [4.69, 9.17) is 21.4 Å². The predicted octanol–water partition coefficient (Wildman–Crippen LogP) is 4.40. The van der Waals surface area contributed by atoms with E-state index in [-0.39, 0.29) is 12.5 Å². The molecule has 0 saturated heterocycles. The van der Waals surface area contributed by atoms with Gasteiger partial charge in [0.05, 0.1) is 6.10 Å². The van der Waals surface area contributed by atoms with Crippen LogP contribution in [0.25, 0.3) is 0 Å². The number of carbonyl (C=O) groups is 1. The van der Waals surface area contributed by atoms with E-state index in [0.29, 0.717) is 12.3 Å². The van der Waals surface area contributed by atoms with E-state index < -0.39 is 5.97 Å². The van der Waals surface area contributed by atoms with Gasteiger partial charge in [-0.05, 0) is 49.4 Å². The number of aliphatic carboxylic acids is 1. The third-order valence-corrected chi connectivity index (χ3v) is 3.41. The first-order valence-corrected chi connectivity index (χ1v) is 6.87. The maximum Gasteiger partial charge on any atom is 0.303 e. The van der Waals surface area contributed by atoms with E-state index in [9.17, 15) is 4.79 Å². The SMILES string of the molecule is Cc1cc(OC(C)CCC(=O)O)c(C(C)C)cc1Cl. The van der Waals surface area contributed by atoms with Crippen molar-refractivity contribution in [2.45, 2.75) is 52.6 Å². The minimum atomic E-state index is -0.799. The third-order valence-electron chi connectivity index (χ3n) is 3.01. The van der Waals surface area contributed by atoms with Gasteiger partial charge in [-0.3, -0.25) is 4.79 Å². The molecule has 0 aromatic heterocycles. The average Bonchev–Trinajstić information content (AvgIpc) is 2.30. The average molecular weight is 285 g/mol. The summed E-state index contributed by atoms with van der Waals surface area (Å²) in [4.78, 5) is 10.6. The van der Waals surface area contributed by atoms with E-state index in [1.165, 1.54) is 0 Å². The van der Waals surface area contributed by atoms with Crippen LogP contribution in [0.4, 0.5) is 0 Å². The van der Waals surface area contributed by atoms with E-state index in [1.54, 1.807) is 0 Å². The molecule has 3 nitrogen and oxygen atoms in total. The van der Waals surface area contributed by atoms with Gasteiger partial charge in [0, 0.05) is 11.4 Å². The topological polar surface area (TPSA) is 46.5 Å². The maximum atomic E-state index is 10.6. The molecule has 0 aliphatic carbocycles. The molecule has 4 heteroatoms. The molecule has 106 valence electrons. The number of carboxylic acid groups (broad SMARTS) is 1. The maximum absolute atomic E-state index is 10.6. The Morgan fingerprint density at radius 2 is 2.00 bits per heavy atom. The summed E-state index contributed by atoms with van der Waals surface area (Å²) in [5.74, 6) is 0.307. The highest BCUT2D eigenvalue weighted by Crippen LogP contribution is 2.32. The Kier molecular flexibility index (Phi) is 5.67. The van der Waals surface area contributed by atoms with Crippen molar-refractivity contribution in [1.29, 1.82) is 0 Å². The molecule has 0 fully saturated rings. The molecule has 19 heavy (non-hydrogen) atoms. The minimum absolute atomic E-state index is 0.116. The molecule has 1 atom stereocenters. The molecule has 0 spiro atoms. The second-order valence-electron chi connectivity index (χ2n) is 5.15. The lowest BCUT2D eigenvalue weighted by Gasteiger charge is -2.20. The molecular weight excluding hydrogens is 264 g/mol. The zero-order valence-corrected chi connectivity index (χ0v) is 12.6. The number of hydrogen-bond acceptors (Lipinski definition) is 2. The Balaban J connectivity index is 2.87. The molecule has 1 rings (SSSR count). The zero-order chi connectivity index (χ0) is 14.6. The van der Waals surface area contributed by atoms with Crippen molar-refractivity contribution in [3.05, 3.63) is 28.3 Å². The first-order chi connectivity index (χ1) is 8.81. The molecule has 0 bridgehead atoms. The lowest BCUT2D eigenvalue weighted by molar-refractivity contribution is -0.137. The van der Waals surface area contributed by atoms with Crippen molar-refractivity contribution in [3.8, 4) is 5.75 Å². The molecule has 0 heterocycles. The van der Waals surface area contributed by atoms with Gasteiger partial charge < -0.3 is 9.84 Å². The van der Waals surface area contributed by atoms with Gasteiger partial charge >= 0.3 is 5.97 Å². The molecule has 0 amide bonds. The van der Waals surface area contributed by atoms with Crippen LogP contribution < -0.4 is 4.74 Å². The first kappa shape index (κ1) is 15.8. The zero-order valence-electron chi connectivity index (χ0n) is 11.9. The van der Waals surface area contributed by atoms with Crippen LogP contribution in [0.5, 0.6) is 5.75 Å². The number of benzene rings is 1. The van der Waals surface area contributed by atoms with Crippen LogP contribution in [0, 0.1) is 6.92 Å². The van der Waals surface area contributed by atoms with Gasteiger partial charge in [-0.1, -0.05) is 25.4 Å². The fourth-order valence-electron chi connectivity index (χ4n) is 1.83. The lowest BCUT2D eigenvalue weighted by atomic mass is 10.0. The predicted molar refractivity (Wildman–Crippen MR) is 77.2 cm³/mol. The Morgan fingerprint density at radius 1 is 1.37 bits per heavy atom. The summed E-state index contributed by atoms with van der Waals surface area (Å²) in [7, 11) is 0. The summed E-state index contributed by atoms with van der Waals surface area (Å²) in [5.41, 5.74) is 2.02. The Bertz CT molecular complexity index is 455. The second kappa shape index (κ2) is 6.80. The molecule has 1 aromatic rings. The van der Waals surface area contributed by atoms with Crippen LogP contribution in [0.3, 0.4) is 0 Å². The first-order valence-electron chi connectivity index (χ1n) is 6.49. The van der Waals surface area contributed by atoms with Crippen molar-refractivity contribution < 1.29 is 14.6 Å². The van der Waals surface area contributed by atoms with E-state index in [1.807, 2.05) is 26.0 Å². The van der Waals surface area contributed by atoms with E-state index in [2.05, 4.69) is 13.8 Å². The Hall–Kier alpha value is -1.22. The van der Waals surface area contributed by atoms with Gasteiger partial charge in [0.25, 0.3) is 0 Å². The number of hydrogen-bond donors (Lipinski definition) is 1. The highest BCUT2D eigenvalue weighted by Gasteiger charge is 2.14. The number of aryl methyl sites for hydroxylation is 1. The third kappa shape index (κ3) is 4.75. The van der Waals surface area contributed by atoms with Gasteiger partial charge in [0.1, 0.15) is 5.75 Å². The summed E-state index contributed by atoms with van der Waals surface area (Å²) >= 11 is 6.14. The molecule has 1 N–H and O–H groups in total. The molecule has 0 aliphatic rings. The summed E-state index contributed by atoms with van der Waals surface area (Å²) in [6.45, 7) is 7.98. The smallest absolute Gasteiger partial charge is 0.303 e. The van der Waals surface area contributed by atoms with Crippen molar-refractivity contribution >= 4 is 17.6 Å². The fourth-order valence-corrected chi connectivity index (χ4v) is 2.00.